The number of rotatable bonds is 2. The maximum Gasteiger partial charge on any atom is 0.250 e. The molecular formula is C11H10ClFN2O. The Balaban J connectivity index is 2.47. The van der Waals surface area contributed by atoms with Crippen molar-refractivity contribution in [2.45, 2.75) is 19.2 Å². The fourth-order valence-electron chi connectivity index (χ4n) is 1.32. The second-order valence-corrected chi connectivity index (χ2v) is 4.15. The molecule has 0 saturated heterocycles. The third-order valence-corrected chi connectivity index (χ3v) is 2.39. The quantitative estimate of drug-likeness (QED) is 0.755. The standard InChI is InChI=1S/C11H10ClFN2O/c1-6-4-3-5-8(9(6)13)11-15-14-10(16-11)7(2)12/h3-5,7H,1-2H3. The Kier molecular flexibility index (Phi) is 2.92. The molecule has 5 heteroatoms. The zero-order chi connectivity index (χ0) is 11.7. The van der Waals surface area contributed by atoms with Gasteiger partial charge in [0, 0.05) is 0 Å². The van der Waals surface area contributed by atoms with Crippen LogP contribution in [0.5, 0.6) is 0 Å². The first-order valence-corrected chi connectivity index (χ1v) is 5.26. The highest BCUT2D eigenvalue weighted by Crippen LogP contribution is 2.26. The third-order valence-electron chi connectivity index (χ3n) is 2.20. The van der Waals surface area contributed by atoms with Gasteiger partial charge in [0.15, 0.2) is 0 Å². The highest BCUT2D eigenvalue weighted by atomic mass is 35.5. The van der Waals surface area contributed by atoms with Gasteiger partial charge in [-0.15, -0.1) is 21.8 Å². The predicted molar refractivity (Wildman–Crippen MR) is 58.7 cm³/mol. The van der Waals surface area contributed by atoms with Crippen molar-refractivity contribution in [3.8, 4) is 11.5 Å². The molecule has 1 heterocycles. The molecular weight excluding hydrogens is 231 g/mol. The van der Waals surface area contributed by atoms with Gasteiger partial charge >= 0.3 is 0 Å². The Morgan fingerprint density at radius 3 is 2.75 bits per heavy atom. The Morgan fingerprint density at radius 2 is 2.12 bits per heavy atom. The Morgan fingerprint density at radius 1 is 1.38 bits per heavy atom. The molecule has 2 rings (SSSR count). The van der Waals surface area contributed by atoms with Crippen LogP contribution in [-0.4, -0.2) is 10.2 Å². The van der Waals surface area contributed by atoms with Crippen molar-refractivity contribution >= 4 is 11.6 Å². The number of halogens is 2. The van der Waals surface area contributed by atoms with Crippen molar-refractivity contribution in [1.29, 1.82) is 0 Å². The second-order valence-electron chi connectivity index (χ2n) is 3.50. The molecule has 0 saturated carbocycles. The smallest absolute Gasteiger partial charge is 0.250 e. The van der Waals surface area contributed by atoms with E-state index in [1.54, 1.807) is 32.0 Å². The molecule has 84 valence electrons. The molecule has 1 aromatic heterocycles. The average Bonchev–Trinajstić information content (AvgIpc) is 2.71. The molecule has 2 aromatic rings. The van der Waals surface area contributed by atoms with Gasteiger partial charge in [-0.05, 0) is 25.5 Å². The summed E-state index contributed by atoms with van der Waals surface area (Å²) in [5, 5.41) is 7.14. The normalized spacial score (nSPS) is 12.8. The SMILES string of the molecule is Cc1cccc(-c2nnc(C(C)Cl)o2)c1F. The summed E-state index contributed by atoms with van der Waals surface area (Å²) in [4.78, 5) is 0. The van der Waals surface area contributed by atoms with Gasteiger partial charge in [-0.1, -0.05) is 12.1 Å². The number of benzene rings is 1. The summed E-state index contributed by atoms with van der Waals surface area (Å²) < 4.78 is 19.0. The minimum absolute atomic E-state index is 0.156. The fourth-order valence-corrected chi connectivity index (χ4v) is 1.40. The van der Waals surface area contributed by atoms with E-state index >= 15 is 0 Å². The molecule has 1 atom stereocenters. The Labute approximate surface area is 97.3 Å². The summed E-state index contributed by atoms with van der Waals surface area (Å²) >= 11 is 5.79. The lowest BCUT2D eigenvalue weighted by molar-refractivity contribution is 0.502. The molecule has 0 aliphatic carbocycles. The van der Waals surface area contributed by atoms with Crippen molar-refractivity contribution in [1.82, 2.24) is 10.2 Å². The number of nitrogens with zero attached hydrogens (tertiary/aromatic N) is 2. The van der Waals surface area contributed by atoms with Gasteiger partial charge < -0.3 is 4.42 Å². The summed E-state index contributed by atoms with van der Waals surface area (Å²) in [6.07, 6.45) is 0. The van der Waals surface area contributed by atoms with Crippen LogP contribution in [-0.2, 0) is 0 Å². The Hall–Kier alpha value is -1.42. The summed E-state index contributed by atoms with van der Waals surface area (Å²) in [7, 11) is 0. The van der Waals surface area contributed by atoms with Gasteiger partial charge in [0.25, 0.3) is 5.89 Å². The van der Waals surface area contributed by atoms with E-state index in [4.69, 9.17) is 16.0 Å². The molecule has 3 nitrogen and oxygen atoms in total. The lowest BCUT2D eigenvalue weighted by Gasteiger charge is -2.00. The molecule has 0 aliphatic heterocycles. The van der Waals surface area contributed by atoms with E-state index in [1.165, 1.54) is 0 Å². The minimum atomic E-state index is -0.380. The molecule has 1 unspecified atom stereocenters. The first kappa shape index (κ1) is 11.1. The molecule has 0 fully saturated rings. The van der Waals surface area contributed by atoms with Crippen LogP contribution in [0.15, 0.2) is 22.6 Å². The van der Waals surface area contributed by atoms with E-state index in [1.807, 2.05) is 0 Å². The number of aromatic nitrogens is 2. The monoisotopic (exact) mass is 240 g/mol. The zero-order valence-electron chi connectivity index (χ0n) is 8.87. The van der Waals surface area contributed by atoms with E-state index in [2.05, 4.69) is 10.2 Å². The number of hydrogen-bond acceptors (Lipinski definition) is 3. The van der Waals surface area contributed by atoms with E-state index in [0.29, 0.717) is 11.1 Å². The van der Waals surface area contributed by atoms with Crippen LogP contribution in [0.2, 0.25) is 0 Å². The summed E-state index contributed by atoms with van der Waals surface area (Å²) in [5.74, 6) is 0.0983. The minimum Gasteiger partial charge on any atom is -0.419 e. The zero-order valence-corrected chi connectivity index (χ0v) is 9.62. The summed E-state index contributed by atoms with van der Waals surface area (Å²) in [6.45, 7) is 3.39. The van der Waals surface area contributed by atoms with Crippen LogP contribution in [0.25, 0.3) is 11.5 Å². The molecule has 16 heavy (non-hydrogen) atoms. The number of alkyl halides is 1. The topological polar surface area (TPSA) is 38.9 Å². The molecule has 0 N–H and O–H groups in total. The van der Waals surface area contributed by atoms with Crippen LogP contribution in [0.3, 0.4) is 0 Å². The highest BCUT2D eigenvalue weighted by Gasteiger charge is 2.16. The van der Waals surface area contributed by atoms with Gasteiger partial charge in [-0.25, -0.2) is 4.39 Å². The highest BCUT2D eigenvalue weighted by molar-refractivity contribution is 6.20. The van der Waals surface area contributed by atoms with E-state index in [-0.39, 0.29) is 23.0 Å². The van der Waals surface area contributed by atoms with E-state index in [9.17, 15) is 4.39 Å². The molecule has 0 amide bonds. The van der Waals surface area contributed by atoms with Crippen LogP contribution in [0.1, 0.15) is 23.8 Å². The largest absolute Gasteiger partial charge is 0.419 e. The van der Waals surface area contributed by atoms with Gasteiger partial charge in [-0.3, -0.25) is 0 Å². The predicted octanol–water partition coefficient (Wildman–Crippen LogP) is 3.48. The van der Waals surface area contributed by atoms with Crippen molar-refractivity contribution in [2.75, 3.05) is 0 Å². The maximum absolute atomic E-state index is 13.7. The third kappa shape index (κ3) is 1.93. The van der Waals surface area contributed by atoms with Crippen molar-refractivity contribution in [3.63, 3.8) is 0 Å². The lowest BCUT2D eigenvalue weighted by Crippen LogP contribution is -1.87. The number of aryl methyl sites for hydroxylation is 1. The average molecular weight is 241 g/mol. The van der Waals surface area contributed by atoms with Crippen LogP contribution in [0.4, 0.5) is 4.39 Å². The van der Waals surface area contributed by atoms with Gasteiger partial charge in [0.05, 0.1) is 5.56 Å². The van der Waals surface area contributed by atoms with E-state index < -0.39 is 0 Å². The van der Waals surface area contributed by atoms with Crippen molar-refractivity contribution in [3.05, 3.63) is 35.5 Å². The van der Waals surface area contributed by atoms with Crippen molar-refractivity contribution < 1.29 is 8.81 Å². The first-order chi connectivity index (χ1) is 7.59. The van der Waals surface area contributed by atoms with Gasteiger partial charge in [-0.2, -0.15) is 0 Å². The first-order valence-electron chi connectivity index (χ1n) is 4.82. The van der Waals surface area contributed by atoms with Crippen molar-refractivity contribution in [2.24, 2.45) is 0 Å². The van der Waals surface area contributed by atoms with Gasteiger partial charge in [0.2, 0.25) is 5.89 Å². The van der Waals surface area contributed by atoms with Crippen LogP contribution < -0.4 is 0 Å². The molecule has 0 spiro atoms. The maximum atomic E-state index is 13.7. The second kappa shape index (κ2) is 4.22. The molecule has 0 radical (unpaired) electrons. The molecule has 0 aliphatic rings. The molecule has 0 bridgehead atoms. The summed E-state index contributed by atoms with van der Waals surface area (Å²) in [6, 6.07) is 5.01. The summed E-state index contributed by atoms with van der Waals surface area (Å²) in [5.41, 5.74) is 0.840. The molecule has 1 aromatic carbocycles. The lowest BCUT2D eigenvalue weighted by atomic mass is 10.1. The Bertz CT molecular complexity index is 510. The van der Waals surface area contributed by atoms with E-state index in [0.717, 1.165) is 0 Å². The number of hydrogen-bond donors (Lipinski definition) is 0. The van der Waals surface area contributed by atoms with Gasteiger partial charge in [0.1, 0.15) is 11.2 Å². The van der Waals surface area contributed by atoms with Crippen LogP contribution >= 0.6 is 11.6 Å². The van der Waals surface area contributed by atoms with Crippen LogP contribution in [0, 0.1) is 12.7 Å². The fraction of sp³-hybridized carbons (Fsp3) is 0.273.